The van der Waals surface area contributed by atoms with E-state index >= 15 is 0 Å². The van der Waals surface area contributed by atoms with Gasteiger partial charge in [0, 0.05) is 6.54 Å². The summed E-state index contributed by atoms with van der Waals surface area (Å²) < 4.78 is 6.03. The van der Waals surface area contributed by atoms with E-state index in [1.807, 2.05) is 32.2 Å². The van der Waals surface area contributed by atoms with Crippen LogP contribution in [0, 0.1) is 5.92 Å². The summed E-state index contributed by atoms with van der Waals surface area (Å²) >= 11 is 0. The van der Waals surface area contributed by atoms with Gasteiger partial charge in [-0.15, -0.1) is 0 Å². The minimum atomic E-state index is -0.757. The number of para-hydroxylation sites is 1. The van der Waals surface area contributed by atoms with Crippen molar-refractivity contribution in [2.24, 2.45) is 5.92 Å². The van der Waals surface area contributed by atoms with Crippen LogP contribution in [0.3, 0.4) is 0 Å². The predicted octanol–water partition coefficient (Wildman–Crippen LogP) is 2.06. The molecule has 5 heteroatoms. The Morgan fingerprint density at radius 3 is 2.78 bits per heavy atom. The quantitative estimate of drug-likeness (QED) is 0.545. The van der Waals surface area contributed by atoms with Crippen molar-refractivity contribution in [1.82, 2.24) is 10.6 Å². The molecule has 0 saturated heterocycles. The van der Waals surface area contributed by atoms with Crippen LogP contribution in [-0.4, -0.2) is 43.4 Å². The van der Waals surface area contributed by atoms with Crippen molar-refractivity contribution < 1.29 is 14.6 Å². The molecule has 2 atom stereocenters. The number of carboxylic acid groups (broad SMARTS) is 1. The molecular formula is C18H28N2O3. The van der Waals surface area contributed by atoms with Gasteiger partial charge in [0.25, 0.3) is 0 Å². The first-order valence-corrected chi connectivity index (χ1v) is 8.47. The van der Waals surface area contributed by atoms with Crippen molar-refractivity contribution in [2.75, 3.05) is 20.1 Å². The minimum absolute atomic E-state index is 0.0685. The topological polar surface area (TPSA) is 70.6 Å². The van der Waals surface area contributed by atoms with E-state index in [0.29, 0.717) is 6.54 Å². The molecule has 0 amide bonds. The first-order valence-electron chi connectivity index (χ1n) is 8.47. The zero-order chi connectivity index (χ0) is 16.7. The predicted molar refractivity (Wildman–Crippen MR) is 90.9 cm³/mol. The maximum absolute atomic E-state index is 11.2. The number of hydrogen-bond acceptors (Lipinski definition) is 4. The lowest BCUT2D eigenvalue weighted by Crippen LogP contribution is -2.43. The van der Waals surface area contributed by atoms with E-state index < -0.39 is 12.0 Å². The maximum atomic E-state index is 11.2. The van der Waals surface area contributed by atoms with Crippen molar-refractivity contribution >= 4 is 5.97 Å². The Hall–Kier alpha value is -1.59. The lowest BCUT2D eigenvalue weighted by Gasteiger charge is -2.20. The number of hydrogen-bond donors (Lipinski definition) is 3. The standard InChI is InChI=1S/C18H28N2O3/c1-13(12-20-17(18(21)22)15-9-10-15)23-16-8-4-3-6-14(16)7-5-11-19-2/h3-4,6,8,13,15,17,19-20H,5,7,9-12H2,1-2H3,(H,21,22)/t13-,17+/m1/s1. The fourth-order valence-corrected chi connectivity index (χ4v) is 2.72. The molecule has 128 valence electrons. The lowest BCUT2D eigenvalue weighted by molar-refractivity contribution is -0.140. The highest BCUT2D eigenvalue weighted by atomic mass is 16.5. The smallest absolute Gasteiger partial charge is 0.320 e. The molecule has 1 aromatic rings. The van der Waals surface area contributed by atoms with Gasteiger partial charge in [-0.3, -0.25) is 4.79 Å². The summed E-state index contributed by atoms with van der Waals surface area (Å²) in [5, 5.41) is 15.5. The summed E-state index contributed by atoms with van der Waals surface area (Å²) in [4.78, 5) is 11.2. The Balaban J connectivity index is 1.84. The van der Waals surface area contributed by atoms with Gasteiger partial charge in [-0.2, -0.15) is 0 Å². The molecule has 1 aromatic carbocycles. The molecule has 0 aliphatic heterocycles. The van der Waals surface area contributed by atoms with Crippen LogP contribution in [0.15, 0.2) is 24.3 Å². The SMILES string of the molecule is CNCCCc1ccccc1O[C@H](C)CN[C@H](C(=O)O)C1CC1. The molecule has 3 N–H and O–H groups in total. The van der Waals surface area contributed by atoms with Crippen LogP contribution >= 0.6 is 0 Å². The van der Waals surface area contributed by atoms with Crippen molar-refractivity contribution in [3.05, 3.63) is 29.8 Å². The van der Waals surface area contributed by atoms with E-state index in [-0.39, 0.29) is 12.0 Å². The molecule has 0 unspecified atom stereocenters. The normalized spacial score (nSPS) is 16.8. The van der Waals surface area contributed by atoms with E-state index in [0.717, 1.165) is 38.0 Å². The van der Waals surface area contributed by atoms with Crippen molar-refractivity contribution in [1.29, 1.82) is 0 Å². The van der Waals surface area contributed by atoms with Crippen LogP contribution in [0.4, 0.5) is 0 Å². The first kappa shape index (κ1) is 17.8. The third-order valence-corrected chi connectivity index (χ3v) is 4.16. The minimum Gasteiger partial charge on any atom is -0.489 e. The van der Waals surface area contributed by atoms with Gasteiger partial charge < -0.3 is 20.5 Å². The number of carbonyl (C=O) groups is 1. The van der Waals surface area contributed by atoms with Gasteiger partial charge in [0.05, 0.1) is 0 Å². The molecule has 0 aromatic heterocycles. The van der Waals surface area contributed by atoms with Crippen LogP contribution in [0.5, 0.6) is 5.75 Å². The maximum Gasteiger partial charge on any atom is 0.320 e. The number of nitrogens with one attached hydrogen (secondary N) is 2. The molecule has 0 radical (unpaired) electrons. The van der Waals surface area contributed by atoms with E-state index in [1.165, 1.54) is 5.56 Å². The van der Waals surface area contributed by atoms with Gasteiger partial charge >= 0.3 is 5.97 Å². The summed E-state index contributed by atoms with van der Waals surface area (Å²) in [6.45, 7) is 3.49. The van der Waals surface area contributed by atoms with Gasteiger partial charge in [0.15, 0.2) is 0 Å². The van der Waals surface area contributed by atoms with Crippen LogP contribution in [0.2, 0.25) is 0 Å². The summed E-state index contributed by atoms with van der Waals surface area (Å²) in [5.74, 6) is 0.428. The van der Waals surface area contributed by atoms with E-state index in [4.69, 9.17) is 4.74 Å². The molecule has 5 nitrogen and oxygen atoms in total. The van der Waals surface area contributed by atoms with Gasteiger partial charge in [-0.1, -0.05) is 18.2 Å². The Kier molecular flexibility index (Phi) is 6.86. The summed E-state index contributed by atoms with van der Waals surface area (Å²) in [7, 11) is 1.95. The van der Waals surface area contributed by atoms with Gasteiger partial charge in [-0.25, -0.2) is 0 Å². The Labute approximate surface area is 138 Å². The average molecular weight is 320 g/mol. The van der Waals surface area contributed by atoms with Crippen molar-refractivity contribution in [2.45, 2.75) is 44.8 Å². The molecule has 1 aliphatic carbocycles. The lowest BCUT2D eigenvalue weighted by atomic mass is 10.1. The van der Waals surface area contributed by atoms with E-state index in [9.17, 15) is 9.90 Å². The monoisotopic (exact) mass is 320 g/mol. The fourth-order valence-electron chi connectivity index (χ4n) is 2.72. The number of rotatable bonds is 11. The molecule has 2 rings (SSSR count). The first-order chi connectivity index (χ1) is 11.1. The molecule has 23 heavy (non-hydrogen) atoms. The Morgan fingerprint density at radius 1 is 1.39 bits per heavy atom. The largest absolute Gasteiger partial charge is 0.489 e. The molecule has 0 heterocycles. The summed E-state index contributed by atoms with van der Waals surface area (Å²) in [6, 6.07) is 7.64. The molecule has 1 saturated carbocycles. The second kappa shape index (κ2) is 8.89. The van der Waals surface area contributed by atoms with Gasteiger partial charge in [0.2, 0.25) is 0 Å². The van der Waals surface area contributed by atoms with Crippen LogP contribution in [-0.2, 0) is 11.2 Å². The molecule has 0 bridgehead atoms. The number of aryl methyl sites for hydroxylation is 1. The van der Waals surface area contributed by atoms with Crippen molar-refractivity contribution in [3.8, 4) is 5.75 Å². The van der Waals surface area contributed by atoms with Crippen LogP contribution in [0.25, 0.3) is 0 Å². The third kappa shape index (κ3) is 5.84. The van der Waals surface area contributed by atoms with Crippen LogP contribution < -0.4 is 15.4 Å². The highest BCUT2D eigenvalue weighted by Gasteiger charge is 2.36. The molecule has 0 spiro atoms. The Morgan fingerprint density at radius 2 is 2.13 bits per heavy atom. The third-order valence-electron chi connectivity index (χ3n) is 4.16. The van der Waals surface area contributed by atoms with Crippen LogP contribution in [0.1, 0.15) is 31.7 Å². The van der Waals surface area contributed by atoms with Gasteiger partial charge in [0.1, 0.15) is 17.9 Å². The Bertz CT molecular complexity index is 503. The van der Waals surface area contributed by atoms with E-state index in [2.05, 4.69) is 16.7 Å². The number of carboxylic acids is 1. The zero-order valence-electron chi connectivity index (χ0n) is 14.0. The second-order valence-electron chi connectivity index (χ2n) is 6.30. The van der Waals surface area contributed by atoms with E-state index in [1.54, 1.807) is 0 Å². The summed E-state index contributed by atoms with van der Waals surface area (Å²) in [6.07, 6.45) is 3.98. The second-order valence-corrected chi connectivity index (χ2v) is 6.30. The molecule has 1 aliphatic rings. The number of aliphatic carboxylic acids is 1. The zero-order valence-corrected chi connectivity index (χ0v) is 14.0. The highest BCUT2D eigenvalue weighted by molar-refractivity contribution is 5.74. The van der Waals surface area contributed by atoms with Gasteiger partial charge in [-0.05, 0) is 63.7 Å². The summed E-state index contributed by atoms with van der Waals surface area (Å²) in [5.41, 5.74) is 1.20. The highest BCUT2D eigenvalue weighted by Crippen LogP contribution is 2.32. The number of benzene rings is 1. The molecule has 1 fully saturated rings. The molecular weight excluding hydrogens is 292 g/mol. The fraction of sp³-hybridized carbons (Fsp3) is 0.611. The average Bonchev–Trinajstić information content (AvgIpc) is 3.34. The van der Waals surface area contributed by atoms with Crippen molar-refractivity contribution in [3.63, 3.8) is 0 Å². The number of ether oxygens (including phenoxy) is 1.